The molecule has 1 saturated carbocycles. The smallest absolute Gasteiger partial charge is 0.351 e. The molecular formula is C28H27F3N2O2S. The summed E-state index contributed by atoms with van der Waals surface area (Å²) in [6, 6.07) is 6.51. The number of anilines is 1. The number of carbonyl (C=O) groups excluding carboxylic acids is 2. The summed E-state index contributed by atoms with van der Waals surface area (Å²) in [4.78, 5) is 28.8. The lowest BCUT2D eigenvalue weighted by Gasteiger charge is -2.31. The van der Waals surface area contributed by atoms with Crippen LogP contribution in [0.5, 0.6) is 0 Å². The number of carbonyl (C=O) groups is 2. The molecule has 4 nitrogen and oxygen atoms in total. The van der Waals surface area contributed by atoms with Gasteiger partial charge in [0, 0.05) is 28.1 Å². The highest BCUT2D eigenvalue weighted by molar-refractivity contribution is 7.10. The van der Waals surface area contributed by atoms with E-state index < -0.39 is 29.6 Å². The van der Waals surface area contributed by atoms with E-state index in [1.807, 2.05) is 0 Å². The Balaban J connectivity index is 2.07. The van der Waals surface area contributed by atoms with Gasteiger partial charge in [0.15, 0.2) is 6.04 Å². The Hall–Kier alpha value is -3.57. The molecule has 1 aromatic heterocycles. The van der Waals surface area contributed by atoms with Crippen molar-refractivity contribution in [2.24, 2.45) is 0 Å². The molecular weight excluding hydrogens is 485 g/mol. The highest BCUT2D eigenvalue weighted by Gasteiger charge is 2.35. The molecule has 1 aromatic carbocycles. The molecule has 188 valence electrons. The number of hydrogen-bond donors (Lipinski definition) is 1. The van der Waals surface area contributed by atoms with E-state index in [9.17, 15) is 22.8 Å². The van der Waals surface area contributed by atoms with Gasteiger partial charge >= 0.3 is 12.1 Å². The molecule has 2 aromatic rings. The van der Waals surface area contributed by atoms with Gasteiger partial charge in [0.2, 0.25) is 5.91 Å². The fourth-order valence-corrected chi connectivity index (χ4v) is 4.83. The minimum absolute atomic E-state index is 0.0211. The van der Waals surface area contributed by atoms with Crippen LogP contribution in [-0.4, -0.2) is 17.9 Å². The van der Waals surface area contributed by atoms with Crippen LogP contribution in [0, 0.1) is 11.8 Å². The highest BCUT2D eigenvalue weighted by atomic mass is 32.1. The third-order valence-corrected chi connectivity index (χ3v) is 6.72. The maximum absolute atomic E-state index is 13.6. The molecule has 1 aliphatic rings. The molecule has 36 heavy (non-hydrogen) atoms. The Bertz CT molecular complexity index is 1170. The van der Waals surface area contributed by atoms with E-state index in [0.29, 0.717) is 10.5 Å². The van der Waals surface area contributed by atoms with E-state index in [1.165, 1.54) is 35.6 Å². The van der Waals surface area contributed by atoms with E-state index in [4.69, 9.17) is 0 Å². The first-order valence-electron chi connectivity index (χ1n) is 11.6. The summed E-state index contributed by atoms with van der Waals surface area (Å²) in [6.45, 7) is 7.25. The number of nitrogens with one attached hydrogen (secondary N) is 1. The lowest BCUT2D eigenvalue weighted by molar-refractivity contribution is -0.137. The van der Waals surface area contributed by atoms with Gasteiger partial charge in [-0.1, -0.05) is 56.6 Å². The van der Waals surface area contributed by atoms with E-state index in [-0.39, 0.29) is 11.7 Å². The topological polar surface area (TPSA) is 49.4 Å². The molecule has 0 bridgehead atoms. The summed E-state index contributed by atoms with van der Waals surface area (Å²) in [5.74, 6) is 4.08. The number of alkyl halides is 3. The van der Waals surface area contributed by atoms with Gasteiger partial charge in [-0.05, 0) is 54.6 Å². The van der Waals surface area contributed by atoms with Crippen molar-refractivity contribution in [3.63, 3.8) is 0 Å². The predicted octanol–water partition coefficient (Wildman–Crippen LogP) is 6.59. The second-order valence-electron chi connectivity index (χ2n) is 8.29. The number of thiophene rings is 1. The molecule has 1 fully saturated rings. The van der Waals surface area contributed by atoms with Gasteiger partial charge in [-0.2, -0.15) is 13.2 Å². The van der Waals surface area contributed by atoms with Crippen LogP contribution in [0.1, 0.15) is 48.6 Å². The SMILES string of the molecule is C=C/C=C(/C#CC(=O)N(c1ccc(C(F)(F)F)cc1)C(C(=O)NC1CCCCC1)c1cccs1)C=C. The Labute approximate surface area is 213 Å². The number of nitrogens with zero attached hydrogens (tertiary/aromatic N) is 1. The van der Waals surface area contributed by atoms with Crippen molar-refractivity contribution in [1.29, 1.82) is 0 Å². The number of halogens is 3. The number of benzene rings is 1. The molecule has 1 aliphatic carbocycles. The van der Waals surface area contributed by atoms with Gasteiger partial charge < -0.3 is 5.32 Å². The summed E-state index contributed by atoms with van der Waals surface area (Å²) >= 11 is 1.28. The van der Waals surface area contributed by atoms with Crippen LogP contribution < -0.4 is 10.2 Å². The third kappa shape index (κ3) is 6.98. The van der Waals surface area contributed by atoms with Crippen molar-refractivity contribution in [3.8, 4) is 11.8 Å². The van der Waals surface area contributed by atoms with Crippen molar-refractivity contribution in [3.05, 3.63) is 89.2 Å². The molecule has 0 aliphatic heterocycles. The predicted molar refractivity (Wildman–Crippen MR) is 137 cm³/mol. The number of allylic oxidation sites excluding steroid dienone is 4. The summed E-state index contributed by atoms with van der Waals surface area (Å²) in [7, 11) is 0. The summed E-state index contributed by atoms with van der Waals surface area (Å²) in [5, 5.41) is 4.83. The third-order valence-electron chi connectivity index (χ3n) is 5.79. The van der Waals surface area contributed by atoms with Crippen LogP contribution >= 0.6 is 11.3 Å². The van der Waals surface area contributed by atoms with E-state index in [0.717, 1.165) is 49.1 Å². The molecule has 0 saturated heterocycles. The molecule has 0 radical (unpaired) electrons. The van der Waals surface area contributed by atoms with Gasteiger partial charge in [0.1, 0.15) is 0 Å². The zero-order valence-electron chi connectivity index (χ0n) is 19.7. The van der Waals surface area contributed by atoms with Crippen molar-refractivity contribution in [2.45, 2.75) is 50.4 Å². The first kappa shape index (κ1) is 27.0. The van der Waals surface area contributed by atoms with E-state index in [1.54, 1.807) is 23.6 Å². The Kier molecular flexibility index (Phi) is 9.31. The maximum atomic E-state index is 13.6. The molecule has 8 heteroatoms. The summed E-state index contributed by atoms with van der Waals surface area (Å²) in [6.07, 6.45) is 4.78. The van der Waals surface area contributed by atoms with Gasteiger partial charge in [-0.25, -0.2) is 0 Å². The molecule has 1 heterocycles. The van der Waals surface area contributed by atoms with Gasteiger partial charge in [0.25, 0.3) is 0 Å². The fraction of sp³-hybridized carbons (Fsp3) is 0.286. The minimum Gasteiger partial charge on any atom is -0.351 e. The van der Waals surface area contributed by atoms with E-state index in [2.05, 4.69) is 30.3 Å². The minimum atomic E-state index is -4.53. The standard InChI is InChI=1S/C28H27F3N2O2S/c1-3-9-20(4-2)13-18-25(34)33(23-16-14-21(15-17-23)28(29,30)31)26(24-12-8-19-36-24)27(35)32-22-10-6-5-7-11-22/h3-4,8-9,12,14-17,19,22,26H,1-2,5-7,10-11H2,(H,32,35)/b20-9+. The highest BCUT2D eigenvalue weighted by Crippen LogP contribution is 2.34. The summed E-state index contributed by atoms with van der Waals surface area (Å²) < 4.78 is 39.5. The average molecular weight is 513 g/mol. The zero-order valence-corrected chi connectivity index (χ0v) is 20.5. The van der Waals surface area contributed by atoms with Gasteiger partial charge in [0.05, 0.1) is 5.56 Å². The normalized spacial score (nSPS) is 15.2. The molecule has 0 spiro atoms. The van der Waals surface area contributed by atoms with Crippen LogP contribution in [0.4, 0.5) is 18.9 Å². The van der Waals surface area contributed by atoms with Crippen LogP contribution in [0.25, 0.3) is 0 Å². The van der Waals surface area contributed by atoms with Gasteiger partial charge in [-0.3, -0.25) is 14.5 Å². The second kappa shape index (κ2) is 12.4. The Morgan fingerprint density at radius 3 is 2.33 bits per heavy atom. The number of amides is 2. The molecule has 1 N–H and O–H groups in total. The summed E-state index contributed by atoms with van der Waals surface area (Å²) in [5.41, 5.74) is -0.288. The molecule has 1 unspecified atom stereocenters. The quantitative estimate of drug-likeness (QED) is 0.336. The van der Waals surface area contributed by atoms with Crippen LogP contribution in [0.2, 0.25) is 0 Å². The molecule has 2 amide bonds. The lowest BCUT2D eigenvalue weighted by atomic mass is 9.95. The first-order valence-corrected chi connectivity index (χ1v) is 12.4. The van der Waals surface area contributed by atoms with Crippen molar-refractivity contribution >= 4 is 28.8 Å². The second-order valence-corrected chi connectivity index (χ2v) is 9.27. The van der Waals surface area contributed by atoms with Crippen molar-refractivity contribution in [2.75, 3.05) is 4.90 Å². The van der Waals surface area contributed by atoms with Crippen molar-refractivity contribution < 1.29 is 22.8 Å². The molecule has 3 rings (SSSR count). The van der Waals surface area contributed by atoms with Crippen LogP contribution in [0.3, 0.4) is 0 Å². The van der Waals surface area contributed by atoms with E-state index >= 15 is 0 Å². The Morgan fingerprint density at radius 1 is 1.08 bits per heavy atom. The first-order chi connectivity index (χ1) is 17.2. The lowest BCUT2D eigenvalue weighted by Crippen LogP contribution is -2.46. The number of hydrogen-bond acceptors (Lipinski definition) is 3. The van der Waals surface area contributed by atoms with Gasteiger partial charge in [-0.15, -0.1) is 11.3 Å². The van der Waals surface area contributed by atoms with Crippen LogP contribution in [0.15, 0.2) is 78.7 Å². The zero-order chi connectivity index (χ0) is 26.1. The number of rotatable bonds is 7. The average Bonchev–Trinajstić information content (AvgIpc) is 3.39. The molecule has 1 atom stereocenters. The monoisotopic (exact) mass is 512 g/mol. The largest absolute Gasteiger partial charge is 0.416 e. The Morgan fingerprint density at radius 2 is 1.78 bits per heavy atom. The maximum Gasteiger partial charge on any atom is 0.416 e. The van der Waals surface area contributed by atoms with Crippen molar-refractivity contribution in [1.82, 2.24) is 5.32 Å². The fourth-order valence-electron chi connectivity index (χ4n) is 4.02. The van der Waals surface area contributed by atoms with Crippen LogP contribution in [-0.2, 0) is 15.8 Å².